The van der Waals surface area contributed by atoms with Gasteiger partial charge in [0, 0.05) is 12.1 Å². The van der Waals surface area contributed by atoms with Crippen LogP contribution in [-0.2, 0) is 0 Å². The zero-order valence-electron chi connectivity index (χ0n) is 13.0. The molecule has 3 rings (SSSR count). The first kappa shape index (κ1) is 14.5. The van der Waals surface area contributed by atoms with Crippen LogP contribution in [0.4, 0.5) is 0 Å². The summed E-state index contributed by atoms with van der Waals surface area (Å²) in [6.45, 7) is 1.84. The second-order valence-corrected chi connectivity index (χ2v) is 6.54. The van der Waals surface area contributed by atoms with Crippen LogP contribution in [-0.4, -0.2) is 38.1 Å². The van der Waals surface area contributed by atoms with Crippen LogP contribution in [0.5, 0.6) is 0 Å². The Hall–Kier alpha value is -1.39. The van der Waals surface area contributed by atoms with E-state index in [4.69, 9.17) is 0 Å². The fourth-order valence-electron chi connectivity index (χ4n) is 3.90. The minimum Gasteiger partial charge on any atom is -0.330 e. The van der Waals surface area contributed by atoms with E-state index in [1.165, 1.54) is 38.5 Å². The Morgan fingerprint density at radius 3 is 1.95 bits per heavy atom. The first-order valence-corrected chi connectivity index (χ1v) is 8.47. The SMILES string of the molecule is Cc1nc(C(=O)N(C2CCCCC2)C2CCCCC2)n[nH]1. The van der Waals surface area contributed by atoms with Crippen molar-refractivity contribution in [3.05, 3.63) is 11.6 Å². The van der Waals surface area contributed by atoms with E-state index >= 15 is 0 Å². The van der Waals surface area contributed by atoms with Gasteiger partial charge in [0.15, 0.2) is 0 Å². The zero-order valence-corrected chi connectivity index (χ0v) is 13.0. The van der Waals surface area contributed by atoms with Gasteiger partial charge in [0.2, 0.25) is 5.82 Å². The molecule has 1 aromatic rings. The van der Waals surface area contributed by atoms with E-state index < -0.39 is 0 Å². The molecule has 21 heavy (non-hydrogen) atoms. The Morgan fingerprint density at radius 1 is 1.00 bits per heavy atom. The maximum Gasteiger partial charge on any atom is 0.294 e. The number of hydrogen-bond donors (Lipinski definition) is 1. The topological polar surface area (TPSA) is 61.9 Å². The van der Waals surface area contributed by atoms with Crippen LogP contribution in [0, 0.1) is 6.92 Å². The monoisotopic (exact) mass is 290 g/mol. The number of aromatic nitrogens is 3. The smallest absolute Gasteiger partial charge is 0.294 e. The molecular weight excluding hydrogens is 264 g/mol. The van der Waals surface area contributed by atoms with E-state index in [2.05, 4.69) is 20.1 Å². The van der Waals surface area contributed by atoms with E-state index in [-0.39, 0.29) is 5.91 Å². The Kier molecular flexibility index (Phi) is 4.56. The number of carbonyl (C=O) groups is 1. The Morgan fingerprint density at radius 2 is 1.52 bits per heavy atom. The standard InChI is InChI=1S/C16H26N4O/c1-12-17-15(19-18-12)16(21)20(13-8-4-2-5-9-13)14-10-6-3-7-11-14/h13-14H,2-11H2,1H3,(H,17,18,19). The van der Waals surface area contributed by atoms with Gasteiger partial charge in [-0.1, -0.05) is 38.5 Å². The van der Waals surface area contributed by atoms with Crippen LogP contribution < -0.4 is 0 Å². The quantitative estimate of drug-likeness (QED) is 0.929. The lowest BCUT2D eigenvalue weighted by Gasteiger charge is -2.41. The predicted molar refractivity (Wildman–Crippen MR) is 81.0 cm³/mol. The second kappa shape index (κ2) is 6.58. The second-order valence-electron chi connectivity index (χ2n) is 6.54. The summed E-state index contributed by atoms with van der Waals surface area (Å²) in [5.74, 6) is 1.10. The molecule has 1 N–H and O–H groups in total. The first-order chi connectivity index (χ1) is 10.3. The first-order valence-electron chi connectivity index (χ1n) is 8.47. The largest absolute Gasteiger partial charge is 0.330 e. The molecule has 116 valence electrons. The summed E-state index contributed by atoms with van der Waals surface area (Å²) in [7, 11) is 0. The van der Waals surface area contributed by atoms with Gasteiger partial charge in [-0.3, -0.25) is 9.89 Å². The Bertz CT molecular complexity index is 454. The molecule has 0 unspecified atom stereocenters. The molecule has 0 aliphatic heterocycles. The van der Waals surface area contributed by atoms with Crippen molar-refractivity contribution in [3.8, 4) is 0 Å². The van der Waals surface area contributed by atoms with Crippen LogP contribution >= 0.6 is 0 Å². The van der Waals surface area contributed by atoms with E-state index in [9.17, 15) is 4.79 Å². The lowest BCUT2D eigenvalue weighted by atomic mass is 9.88. The van der Waals surface area contributed by atoms with Gasteiger partial charge in [0.25, 0.3) is 5.91 Å². The molecule has 1 aromatic heterocycles. The van der Waals surface area contributed by atoms with Gasteiger partial charge in [-0.15, -0.1) is 5.10 Å². The number of H-pyrrole nitrogens is 1. The molecule has 2 fully saturated rings. The molecule has 2 saturated carbocycles. The molecule has 2 aliphatic rings. The molecule has 0 atom stereocenters. The summed E-state index contributed by atoms with van der Waals surface area (Å²) in [5.41, 5.74) is 0. The normalized spacial score (nSPS) is 21.4. The Balaban J connectivity index is 1.81. The highest BCUT2D eigenvalue weighted by atomic mass is 16.2. The third-order valence-electron chi connectivity index (χ3n) is 4.96. The minimum absolute atomic E-state index is 0.0400. The number of nitrogens with zero attached hydrogens (tertiary/aromatic N) is 3. The van der Waals surface area contributed by atoms with E-state index in [1.54, 1.807) is 0 Å². The van der Waals surface area contributed by atoms with Gasteiger partial charge in [-0.05, 0) is 32.6 Å². The summed E-state index contributed by atoms with van der Waals surface area (Å²) < 4.78 is 0. The summed E-state index contributed by atoms with van der Waals surface area (Å²) >= 11 is 0. The van der Waals surface area contributed by atoms with Crippen molar-refractivity contribution in [2.45, 2.75) is 83.2 Å². The lowest BCUT2D eigenvalue weighted by Crippen LogP contribution is -2.49. The maximum atomic E-state index is 12.9. The van der Waals surface area contributed by atoms with Crippen LogP contribution in [0.3, 0.4) is 0 Å². The van der Waals surface area contributed by atoms with Crippen LogP contribution in [0.1, 0.15) is 80.7 Å². The summed E-state index contributed by atoms with van der Waals surface area (Å²) in [6.07, 6.45) is 12.2. The average molecular weight is 290 g/mol. The van der Waals surface area contributed by atoms with Crippen molar-refractivity contribution >= 4 is 5.91 Å². The van der Waals surface area contributed by atoms with Gasteiger partial charge in [0.1, 0.15) is 5.82 Å². The van der Waals surface area contributed by atoms with Crippen molar-refractivity contribution in [1.82, 2.24) is 20.1 Å². The van der Waals surface area contributed by atoms with Gasteiger partial charge >= 0.3 is 0 Å². The molecule has 5 nitrogen and oxygen atoms in total. The number of nitrogens with one attached hydrogen (secondary N) is 1. The number of hydrogen-bond acceptors (Lipinski definition) is 3. The van der Waals surface area contributed by atoms with Gasteiger partial charge in [-0.2, -0.15) is 0 Å². The molecule has 2 aliphatic carbocycles. The van der Waals surface area contributed by atoms with Crippen LogP contribution in [0.15, 0.2) is 0 Å². The molecule has 0 radical (unpaired) electrons. The van der Waals surface area contributed by atoms with Crippen molar-refractivity contribution in [3.63, 3.8) is 0 Å². The van der Waals surface area contributed by atoms with Crippen molar-refractivity contribution in [1.29, 1.82) is 0 Å². The number of amides is 1. The zero-order chi connectivity index (χ0) is 14.7. The predicted octanol–water partition coefficient (Wildman–Crippen LogP) is 3.22. The highest BCUT2D eigenvalue weighted by Gasteiger charge is 2.34. The average Bonchev–Trinajstić information content (AvgIpc) is 2.96. The highest BCUT2D eigenvalue weighted by molar-refractivity contribution is 5.91. The van der Waals surface area contributed by atoms with Crippen molar-refractivity contribution in [2.24, 2.45) is 0 Å². The van der Waals surface area contributed by atoms with Crippen LogP contribution in [0.2, 0.25) is 0 Å². The van der Waals surface area contributed by atoms with Gasteiger partial charge in [-0.25, -0.2) is 4.98 Å². The molecule has 0 spiro atoms. The van der Waals surface area contributed by atoms with Gasteiger partial charge in [0.05, 0.1) is 0 Å². The summed E-state index contributed by atoms with van der Waals surface area (Å²) in [5, 5.41) is 6.90. The fraction of sp³-hybridized carbons (Fsp3) is 0.812. The molecule has 0 saturated heterocycles. The third kappa shape index (κ3) is 3.27. The number of aryl methyl sites for hydroxylation is 1. The third-order valence-corrected chi connectivity index (χ3v) is 4.96. The van der Waals surface area contributed by atoms with E-state index in [1.807, 2.05) is 6.92 Å². The Labute approximate surface area is 126 Å². The van der Waals surface area contributed by atoms with Gasteiger partial charge < -0.3 is 4.90 Å². The number of carbonyl (C=O) groups excluding carboxylic acids is 1. The molecular formula is C16H26N4O. The lowest BCUT2D eigenvalue weighted by molar-refractivity contribution is 0.0436. The number of aromatic amines is 1. The van der Waals surface area contributed by atoms with Crippen molar-refractivity contribution in [2.75, 3.05) is 0 Å². The molecule has 1 heterocycles. The minimum atomic E-state index is 0.0400. The van der Waals surface area contributed by atoms with E-state index in [0.717, 1.165) is 25.7 Å². The molecule has 0 aromatic carbocycles. The fourth-order valence-corrected chi connectivity index (χ4v) is 3.90. The highest BCUT2D eigenvalue weighted by Crippen LogP contribution is 2.31. The van der Waals surface area contributed by atoms with Crippen LogP contribution in [0.25, 0.3) is 0 Å². The summed E-state index contributed by atoms with van der Waals surface area (Å²) in [6, 6.07) is 0.793. The van der Waals surface area contributed by atoms with E-state index in [0.29, 0.717) is 23.7 Å². The molecule has 1 amide bonds. The summed E-state index contributed by atoms with van der Waals surface area (Å²) in [4.78, 5) is 19.4. The molecule has 5 heteroatoms. The maximum absolute atomic E-state index is 12.9. The molecule has 0 bridgehead atoms. The van der Waals surface area contributed by atoms with Crippen molar-refractivity contribution < 1.29 is 4.79 Å². The number of rotatable bonds is 3.